The van der Waals surface area contributed by atoms with E-state index in [1.807, 2.05) is 24.3 Å². The van der Waals surface area contributed by atoms with E-state index in [0.717, 1.165) is 49.7 Å². The predicted octanol–water partition coefficient (Wildman–Crippen LogP) is 3.40. The Morgan fingerprint density at radius 2 is 1.69 bits per heavy atom. The van der Waals surface area contributed by atoms with Gasteiger partial charge in [0.1, 0.15) is 11.8 Å². The molecule has 0 unspecified atom stereocenters. The van der Waals surface area contributed by atoms with Crippen LogP contribution in [0.4, 0.5) is 0 Å². The van der Waals surface area contributed by atoms with E-state index in [1.165, 1.54) is 6.42 Å². The maximum Gasteiger partial charge on any atom is 0.287 e. The highest BCUT2D eigenvalue weighted by atomic mass is 16.4. The van der Waals surface area contributed by atoms with Gasteiger partial charge in [-0.05, 0) is 49.3 Å². The third-order valence-corrected chi connectivity index (χ3v) is 6.42. The van der Waals surface area contributed by atoms with Gasteiger partial charge >= 0.3 is 0 Å². The van der Waals surface area contributed by atoms with Crippen LogP contribution < -0.4 is 16.0 Å². The van der Waals surface area contributed by atoms with E-state index in [2.05, 4.69) is 16.0 Å². The Bertz CT molecular complexity index is 956. The van der Waals surface area contributed by atoms with Crippen molar-refractivity contribution in [2.24, 2.45) is 11.8 Å². The van der Waals surface area contributed by atoms with Crippen LogP contribution in [0, 0.1) is 11.8 Å². The normalized spacial score (nSPS) is 17.4. The number of nitrogens with one attached hydrogen (secondary N) is 3. The Morgan fingerprint density at radius 3 is 2.34 bits per heavy atom. The lowest BCUT2D eigenvalue weighted by atomic mass is 9.83. The third kappa shape index (κ3) is 5.39. The fourth-order valence-electron chi connectivity index (χ4n) is 4.31. The first-order chi connectivity index (χ1) is 15.5. The Labute approximate surface area is 188 Å². The molecule has 7 nitrogen and oxygen atoms in total. The molecule has 3 N–H and O–H groups in total. The summed E-state index contributed by atoms with van der Waals surface area (Å²) < 4.78 is 5.80. The highest BCUT2D eigenvalue weighted by molar-refractivity contribution is 5.96. The molecule has 0 bridgehead atoms. The van der Waals surface area contributed by atoms with Gasteiger partial charge in [0, 0.05) is 25.1 Å². The number of amides is 3. The van der Waals surface area contributed by atoms with Crippen molar-refractivity contribution in [3.8, 4) is 11.3 Å². The minimum Gasteiger partial charge on any atom is -0.451 e. The largest absolute Gasteiger partial charge is 0.451 e. The van der Waals surface area contributed by atoms with E-state index in [4.69, 9.17) is 4.42 Å². The molecule has 2 fully saturated rings. The second-order valence-corrected chi connectivity index (χ2v) is 8.82. The molecule has 3 amide bonds. The molecule has 0 spiro atoms. The van der Waals surface area contributed by atoms with Gasteiger partial charge in [-0.15, -0.1) is 0 Å². The second-order valence-electron chi connectivity index (χ2n) is 8.82. The van der Waals surface area contributed by atoms with Gasteiger partial charge in [-0.1, -0.05) is 43.5 Å². The van der Waals surface area contributed by atoms with Gasteiger partial charge in [0.15, 0.2) is 5.76 Å². The number of carbonyl (C=O) groups is 3. The molecule has 1 aromatic heterocycles. The molecular weight excluding hydrogens is 406 g/mol. The fourth-order valence-corrected chi connectivity index (χ4v) is 4.31. The average Bonchev–Trinajstić information content (AvgIpc) is 3.57. The summed E-state index contributed by atoms with van der Waals surface area (Å²) in [5.41, 5.74) is 1.85. The summed E-state index contributed by atoms with van der Waals surface area (Å²) in [6, 6.07) is 10.5. The van der Waals surface area contributed by atoms with Crippen molar-refractivity contribution >= 4 is 17.7 Å². The van der Waals surface area contributed by atoms with E-state index >= 15 is 0 Å². The molecule has 2 aliphatic rings. The lowest BCUT2D eigenvalue weighted by molar-refractivity contribution is -0.124. The van der Waals surface area contributed by atoms with E-state index < -0.39 is 6.04 Å². The Kier molecular flexibility index (Phi) is 6.93. The number of furan rings is 1. The molecule has 170 valence electrons. The van der Waals surface area contributed by atoms with Crippen molar-refractivity contribution in [3.05, 3.63) is 47.7 Å². The Morgan fingerprint density at radius 1 is 0.969 bits per heavy atom. The molecule has 2 aromatic rings. The quantitative estimate of drug-likeness (QED) is 0.589. The Balaban J connectivity index is 1.38. The van der Waals surface area contributed by atoms with Crippen LogP contribution in [0.2, 0.25) is 0 Å². The average molecular weight is 438 g/mol. The van der Waals surface area contributed by atoms with Crippen LogP contribution in [0.15, 0.2) is 40.8 Å². The lowest BCUT2D eigenvalue weighted by Gasteiger charge is -2.29. The van der Waals surface area contributed by atoms with Gasteiger partial charge in [0.05, 0.1) is 0 Å². The number of benzene rings is 1. The van der Waals surface area contributed by atoms with Gasteiger partial charge in [0.25, 0.3) is 5.91 Å². The first-order valence-corrected chi connectivity index (χ1v) is 11.5. The summed E-state index contributed by atoms with van der Waals surface area (Å²) in [4.78, 5) is 37.0. The van der Waals surface area contributed by atoms with E-state index in [1.54, 1.807) is 19.2 Å². The zero-order chi connectivity index (χ0) is 22.5. The van der Waals surface area contributed by atoms with Crippen molar-refractivity contribution in [2.45, 2.75) is 57.5 Å². The minimum atomic E-state index is -0.550. The number of carbonyl (C=O) groups excluding carboxylic acids is 3. The van der Waals surface area contributed by atoms with Crippen molar-refractivity contribution in [1.82, 2.24) is 16.0 Å². The first-order valence-electron chi connectivity index (χ1n) is 11.5. The first kappa shape index (κ1) is 22.1. The van der Waals surface area contributed by atoms with Crippen LogP contribution in [-0.4, -0.2) is 30.8 Å². The maximum atomic E-state index is 12.8. The molecule has 4 rings (SSSR count). The maximum absolute atomic E-state index is 12.8. The monoisotopic (exact) mass is 437 g/mol. The van der Waals surface area contributed by atoms with Gasteiger partial charge in [-0.2, -0.15) is 0 Å². The highest BCUT2D eigenvalue weighted by Gasteiger charge is 2.31. The van der Waals surface area contributed by atoms with Crippen LogP contribution in [0.3, 0.4) is 0 Å². The van der Waals surface area contributed by atoms with Crippen LogP contribution in [0.1, 0.15) is 61.1 Å². The van der Waals surface area contributed by atoms with Gasteiger partial charge in [-0.25, -0.2) is 0 Å². The van der Waals surface area contributed by atoms with Gasteiger partial charge < -0.3 is 20.4 Å². The van der Waals surface area contributed by atoms with Gasteiger partial charge in [0.2, 0.25) is 11.8 Å². The van der Waals surface area contributed by atoms with Crippen molar-refractivity contribution < 1.29 is 18.8 Å². The Hall–Kier alpha value is -3.09. The topological polar surface area (TPSA) is 100 Å². The number of hydrogen-bond acceptors (Lipinski definition) is 4. The molecule has 2 aliphatic carbocycles. The highest BCUT2D eigenvalue weighted by Crippen LogP contribution is 2.29. The molecule has 2 saturated carbocycles. The summed E-state index contributed by atoms with van der Waals surface area (Å²) >= 11 is 0. The van der Waals surface area contributed by atoms with Crippen molar-refractivity contribution in [3.63, 3.8) is 0 Å². The molecule has 1 atom stereocenters. The molecule has 0 aliphatic heterocycles. The molecule has 1 heterocycles. The zero-order valence-electron chi connectivity index (χ0n) is 18.5. The standard InChI is InChI=1S/C25H31N3O4/c1-26-25(31)22(18-5-3-2-4-6-18)28-24(30)21-14-13-20(32-21)17-9-7-16(8-10-17)15-27-23(29)19-11-12-19/h7-10,13-14,18-19,22H,2-6,11-12,15H2,1H3,(H,26,31)(H,27,29)(H,28,30)/t22-/m0/s1. The molecule has 7 heteroatoms. The molecule has 1 aromatic carbocycles. The van der Waals surface area contributed by atoms with Gasteiger partial charge in [-0.3, -0.25) is 14.4 Å². The molecule has 32 heavy (non-hydrogen) atoms. The van der Waals surface area contributed by atoms with Crippen LogP contribution in [-0.2, 0) is 16.1 Å². The summed E-state index contributed by atoms with van der Waals surface area (Å²) in [6.45, 7) is 0.503. The SMILES string of the molecule is CNC(=O)[C@@H](NC(=O)c1ccc(-c2ccc(CNC(=O)C3CC3)cc2)o1)C1CCCCC1. The number of hydrogen-bond donors (Lipinski definition) is 3. The molecule has 0 radical (unpaired) electrons. The van der Waals surface area contributed by atoms with Crippen molar-refractivity contribution in [1.29, 1.82) is 0 Å². The predicted molar refractivity (Wildman–Crippen MR) is 121 cm³/mol. The number of likely N-dealkylation sites (N-methyl/N-ethyl adjacent to an activating group) is 1. The summed E-state index contributed by atoms with van der Waals surface area (Å²) in [6.07, 6.45) is 7.20. The van der Waals surface area contributed by atoms with Crippen LogP contribution in [0.25, 0.3) is 11.3 Å². The van der Waals surface area contributed by atoms with E-state index in [9.17, 15) is 14.4 Å². The number of rotatable bonds is 8. The van der Waals surface area contributed by atoms with Crippen molar-refractivity contribution in [2.75, 3.05) is 7.05 Å². The van der Waals surface area contributed by atoms with E-state index in [0.29, 0.717) is 12.3 Å². The third-order valence-electron chi connectivity index (χ3n) is 6.42. The minimum absolute atomic E-state index is 0.124. The second kappa shape index (κ2) is 10.0. The molecular formula is C25H31N3O4. The van der Waals surface area contributed by atoms with E-state index in [-0.39, 0.29) is 35.3 Å². The smallest absolute Gasteiger partial charge is 0.287 e. The van der Waals surface area contributed by atoms with Crippen LogP contribution in [0.5, 0.6) is 0 Å². The summed E-state index contributed by atoms with van der Waals surface area (Å²) in [7, 11) is 1.59. The fraction of sp³-hybridized carbons (Fsp3) is 0.480. The zero-order valence-corrected chi connectivity index (χ0v) is 18.5. The summed E-state index contributed by atoms with van der Waals surface area (Å²) in [5.74, 6) is 0.691. The lowest BCUT2D eigenvalue weighted by Crippen LogP contribution is -2.50. The molecule has 0 saturated heterocycles. The van der Waals surface area contributed by atoms with Crippen LogP contribution >= 0.6 is 0 Å². The summed E-state index contributed by atoms with van der Waals surface area (Å²) in [5, 5.41) is 8.51.